The quantitative estimate of drug-likeness (QED) is 0.697. The first-order chi connectivity index (χ1) is 9.94. The van der Waals surface area contributed by atoms with E-state index in [1.54, 1.807) is 14.0 Å². The minimum absolute atomic E-state index is 0.118. The van der Waals surface area contributed by atoms with Crippen molar-refractivity contribution in [2.75, 3.05) is 7.05 Å². The highest BCUT2D eigenvalue weighted by atomic mass is 32.2. The number of nitrogens with one attached hydrogen (secondary N) is 3. The highest BCUT2D eigenvalue weighted by Crippen LogP contribution is 2.19. The summed E-state index contributed by atoms with van der Waals surface area (Å²) in [5.41, 5.74) is 0.465. The summed E-state index contributed by atoms with van der Waals surface area (Å²) in [6, 6.07) is 2.94. The van der Waals surface area contributed by atoms with Gasteiger partial charge in [-0.05, 0) is 31.7 Å². The Balaban J connectivity index is 2.33. The molecule has 0 radical (unpaired) electrons. The summed E-state index contributed by atoms with van der Waals surface area (Å²) >= 11 is 0. The molecule has 0 aliphatic carbocycles. The number of hydrogen-bond donors (Lipinski definition) is 3. The predicted molar refractivity (Wildman–Crippen MR) is 72.1 cm³/mol. The van der Waals surface area contributed by atoms with Crippen LogP contribution >= 0.6 is 0 Å². The van der Waals surface area contributed by atoms with Crippen LogP contribution in [0.4, 0.5) is 4.39 Å². The molecule has 0 amide bonds. The summed E-state index contributed by atoms with van der Waals surface area (Å²) in [7, 11) is -2.24. The molecule has 1 heterocycles. The number of tetrazole rings is 1. The smallest absolute Gasteiger partial charge is 0.241 e. The highest BCUT2D eigenvalue weighted by molar-refractivity contribution is 7.89. The molecule has 3 N–H and O–H groups in total. The maximum absolute atomic E-state index is 13.4. The number of nitrogens with zero attached hydrogens (tertiary/aromatic N) is 3. The molecule has 2 aromatic rings. The van der Waals surface area contributed by atoms with Crippen LogP contribution in [0.2, 0.25) is 0 Å². The van der Waals surface area contributed by atoms with Crippen molar-refractivity contribution in [1.29, 1.82) is 0 Å². The summed E-state index contributed by atoms with van der Waals surface area (Å²) in [5, 5.41) is 15.9. The number of sulfonamides is 1. The lowest BCUT2D eigenvalue weighted by Crippen LogP contribution is -2.29. The minimum Gasteiger partial charge on any atom is -0.316 e. The molecule has 1 unspecified atom stereocenters. The van der Waals surface area contributed by atoms with E-state index in [2.05, 4.69) is 30.7 Å². The zero-order valence-electron chi connectivity index (χ0n) is 11.5. The predicted octanol–water partition coefficient (Wildman–Crippen LogP) is 0.0977. The molecule has 0 aliphatic heterocycles. The van der Waals surface area contributed by atoms with Crippen LogP contribution in [-0.4, -0.2) is 36.1 Å². The van der Waals surface area contributed by atoms with Crippen LogP contribution in [0.5, 0.6) is 0 Å². The number of benzene rings is 1. The molecule has 1 atom stereocenters. The average molecular weight is 314 g/mol. The Morgan fingerprint density at radius 1 is 1.43 bits per heavy atom. The number of rotatable bonds is 6. The number of H-pyrrole nitrogens is 1. The van der Waals surface area contributed by atoms with Crippen molar-refractivity contribution in [3.63, 3.8) is 0 Å². The monoisotopic (exact) mass is 314 g/mol. The lowest BCUT2D eigenvalue weighted by Gasteiger charge is -2.14. The maximum atomic E-state index is 13.4. The van der Waals surface area contributed by atoms with Gasteiger partial charge in [-0.3, -0.25) is 0 Å². The SMILES string of the molecule is CNCc1ccc(F)cc1S(=O)(=O)NC(C)c1nn[nH]n1. The first-order valence-electron chi connectivity index (χ1n) is 6.12. The molecule has 1 aromatic heterocycles. The third-order valence-electron chi connectivity index (χ3n) is 2.77. The lowest BCUT2D eigenvalue weighted by atomic mass is 10.2. The molecule has 0 saturated carbocycles. The highest BCUT2D eigenvalue weighted by Gasteiger charge is 2.23. The fourth-order valence-electron chi connectivity index (χ4n) is 1.82. The molecule has 1 aromatic carbocycles. The van der Waals surface area contributed by atoms with E-state index >= 15 is 0 Å². The fraction of sp³-hybridized carbons (Fsp3) is 0.364. The molecule has 8 nitrogen and oxygen atoms in total. The zero-order chi connectivity index (χ0) is 15.5. The van der Waals surface area contributed by atoms with Crippen LogP contribution in [0, 0.1) is 5.82 Å². The largest absolute Gasteiger partial charge is 0.316 e. The number of aromatic nitrogens is 4. The van der Waals surface area contributed by atoms with E-state index in [1.165, 1.54) is 12.1 Å². The summed E-state index contributed by atoms with van der Waals surface area (Å²) in [5.74, 6) is -0.424. The summed E-state index contributed by atoms with van der Waals surface area (Å²) in [6.45, 7) is 1.87. The van der Waals surface area contributed by atoms with Crippen molar-refractivity contribution in [2.45, 2.75) is 24.4 Å². The van der Waals surface area contributed by atoms with Crippen molar-refractivity contribution >= 4 is 10.0 Å². The third-order valence-corrected chi connectivity index (χ3v) is 4.39. The minimum atomic E-state index is -3.91. The first-order valence-corrected chi connectivity index (χ1v) is 7.61. The summed E-state index contributed by atoms with van der Waals surface area (Å²) in [4.78, 5) is -0.118. The number of halogens is 1. The van der Waals surface area contributed by atoms with E-state index in [0.717, 1.165) is 6.07 Å². The molecule has 0 aliphatic rings. The fourth-order valence-corrected chi connectivity index (χ4v) is 3.27. The second kappa shape index (κ2) is 6.24. The van der Waals surface area contributed by atoms with Crippen molar-refractivity contribution in [3.8, 4) is 0 Å². The number of hydrogen-bond acceptors (Lipinski definition) is 6. The Morgan fingerprint density at radius 3 is 2.81 bits per heavy atom. The van der Waals surface area contributed by atoms with Crippen molar-refractivity contribution in [3.05, 3.63) is 35.4 Å². The van der Waals surface area contributed by atoms with E-state index in [9.17, 15) is 12.8 Å². The Morgan fingerprint density at radius 2 is 2.19 bits per heavy atom. The van der Waals surface area contributed by atoms with Crippen LogP contribution in [0.3, 0.4) is 0 Å². The normalized spacial score (nSPS) is 13.3. The molecule has 0 spiro atoms. The molecular weight excluding hydrogens is 299 g/mol. The second-order valence-corrected chi connectivity index (χ2v) is 6.08. The van der Waals surface area contributed by atoms with Gasteiger partial charge < -0.3 is 5.32 Å². The van der Waals surface area contributed by atoms with Gasteiger partial charge >= 0.3 is 0 Å². The van der Waals surface area contributed by atoms with Gasteiger partial charge in [-0.1, -0.05) is 11.3 Å². The summed E-state index contributed by atoms with van der Waals surface area (Å²) in [6.07, 6.45) is 0. The van der Waals surface area contributed by atoms with Gasteiger partial charge in [0.1, 0.15) is 5.82 Å². The van der Waals surface area contributed by atoms with Crippen LogP contribution in [0.15, 0.2) is 23.1 Å². The van der Waals surface area contributed by atoms with Gasteiger partial charge in [-0.2, -0.15) is 5.21 Å². The zero-order valence-corrected chi connectivity index (χ0v) is 12.3. The molecule has 10 heteroatoms. The molecule has 21 heavy (non-hydrogen) atoms. The maximum Gasteiger partial charge on any atom is 0.241 e. The van der Waals surface area contributed by atoms with Crippen LogP contribution < -0.4 is 10.0 Å². The Kier molecular flexibility index (Phi) is 4.60. The van der Waals surface area contributed by atoms with Crippen LogP contribution in [0.25, 0.3) is 0 Å². The number of aromatic amines is 1. The Labute approximate surface area is 121 Å². The van der Waals surface area contributed by atoms with Gasteiger partial charge in [-0.15, -0.1) is 10.2 Å². The molecule has 0 fully saturated rings. The van der Waals surface area contributed by atoms with Gasteiger partial charge in [0.15, 0.2) is 5.82 Å². The third kappa shape index (κ3) is 3.60. The van der Waals surface area contributed by atoms with Crippen molar-refractivity contribution < 1.29 is 12.8 Å². The van der Waals surface area contributed by atoms with E-state index in [1.807, 2.05) is 0 Å². The van der Waals surface area contributed by atoms with E-state index < -0.39 is 21.9 Å². The molecule has 0 saturated heterocycles. The van der Waals surface area contributed by atoms with Gasteiger partial charge in [0.2, 0.25) is 10.0 Å². The molecule has 2 rings (SSSR count). The topological polar surface area (TPSA) is 113 Å². The Hall–Kier alpha value is -1.91. The first kappa shape index (κ1) is 15.5. The van der Waals surface area contributed by atoms with Gasteiger partial charge in [-0.25, -0.2) is 17.5 Å². The Bertz CT molecular complexity index is 704. The average Bonchev–Trinajstić information content (AvgIpc) is 2.94. The van der Waals surface area contributed by atoms with Gasteiger partial charge in [0.25, 0.3) is 0 Å². The van der Waals surface area contributed by atoms with E-state index in [4.69, 9.17) is 0 Å². The molecule has 114 valence electrons. The lowest BCUT2D eigenvalue weighted by molar-refractivity contribution is 0.555. The molecule has 0 bridgehead atoms. The van der Waals surface area contributed by atoms with Crippen LogP contribution in [-0.2, 0) is 16.6 Å². The standard InChI is InChI=1S/C11H15FN6O2S/c1-7(11-14-17-18-15-11)16-21(19,20)10-5-9(12)4-3-8(10)6-13-2/h3-5,7,13,16H,6H2,1-2H3,(H,14,15,17,18). The van der Waals surface area contributed by atoms with Gasteiger partial charge in [0, 0.05) is 6.54 Å². The summed E-state index contributed by atoms with van der Waals surface area (Å²) < 4.78 is 40.6. The van der Waals surface area contributed by atoms with Crippen molar-refractivity contribution in [2.24, 2.45) is 0 Å². The second-order valence-electron chi connectivity index (χ2n) is 4.40. The molecular formula is C11H15FN6O2S. The van der Waals surface area contributed by atoms with Crippen LogP contribution in [0.1, 0.15) is 24.4 Å². The van der Waals surface area contributed by atoms with E-state index in [0.29, 0.717) is 12.1 Å². The van der Waals surface area contributed by atoms with Gasteiger partial charge in [0.05, 0.1) is 10.9 Å². The van der Waals surface area contributed by atoms with Crippen molar-refractivity contribution in [1.82, 2.24) is 30.7 Å². The van der Waals surface area contributed by atoms with E-state index in [-0.39, 0.29) is 10.7 Å².